The highest BCUT2D eigenvalue weighted by Crippen LogP contribution is 2.30. The van der Waals surface area contributed by atoms with Crippen molar-refractivity contribution in [2.45, 2.75) is 13.0 Å². The Balaban J connectivity index is 1.62. The molecule has 2 N–H and O–H groups in total. The van der Waals surface area contributed by atoms with Gasteiger partial charge in [0, 0.05) is 12.2 Å². The van der Waals surface area contributed by atoms with Crippen LogP contribution in [0.4, 0.5) is 11.4 Å². The van der Waals surface area contributed by atoms with Crippen LogP contribution in [0, 0.1) is 0 Å². The van der Waals surface area contributed by atoms with E-state index in [0.29, 0.717) is 38.8 Å². The number of amides is 3. The van der Waals surface area contributed by atoms with Gasteiger partial charge in [0.05, 0.1) is 26.5 Å². The summed E-state index contributed by atoms with van der Waals surface area (Å²) in [5.41, 5.74) is 1.02. The molecule has 3 rings (SSSR count). The fourth-order valence-corrected chi connectivity index (χ4v) is 3.83. The average molecular weight is 442 g/mol. The number of carbonyl (C=O) groups excluding carboxylic acids is 3. The molecule has 1 aliphatic rings. The van der Waals surface area contributed by atoms with E-state index in [2.05, 4.69) is 10.6 Å². The van der Waals surface area contributed by atoms with E-state index in [-0.39, 0.29) is 18.4 Å². The molecular formula is C18H17Cl2N3O4S. The first-order valence-electron chi connectivity index (χ1n) is 8.40. The quantitative estimate of drug-likeness (QED) is 0.745. The Labute approximate surface area is 175 Å². The van der Waals surface area contributed by atoms with Crippen molar-refractivity contribution in [3.63, 3.8) is 0 Å². The number of hydrogen-bond acceptors (Lipinski definition) is 5. The van der Waals surface area contributed by atoms with E-state index in [0.717, 1.165) is 11.3 Å². The van der Waals surface area contributed by atoms with Crippen LogP contribution in [0.1, 0.15) is 16.6 Å². The molecule has 1 fully saturated rings. The number of ether oxygens (including phenoxy) is 1. The van der Waals surface area contributed by atoms with E-state index in [1.54, 1.807) is 42.2 Å². The number of benzene rings is 1. The van der Waals surface area contributed by atoms with Gasteiger partial charge < -0.3 is 20.3 Å². The Kier molecular flexibility index (Phi) is 6.56. The minimum Gasteiger partial charge on any atom is -0.370 e. The second-order valence-electron chi connectivity index (χ2n) is 6.05. The summed E-state index contributed by atoms with van der Waals surface area (Å²) in [6.07, 6.45) is 0. The van der Waals surface area contributed by atoms with E-state index in [1.807, 2.05) is 0 Å². The molecule has 1 aliphatic heterocycles. The molecule has 1 unspecified atom stereocenters. The lowest BCUT2D eigenvalue weighted by Crippen LogP contribution is -2.42. The number of carbonyl (C=O) groups is 3. The highest BCUT2D eigenvalue weighted by Gasteiger charge is 2.23. The van der Waals surface area contributed by atoms with Gasteiger partial charge in [-0.3, -0.25) is 14.4 Å². The summed E-state index contributed by atoms with van der Waals surface area (Å²) in [4.78, 5) is 38.4. The molecular weight excluding hydrogens is 425 g/mol. The van der Waals surface area contributed by atoms with E-state index < -0.39 is 11.9 Å². The van der Waals surface area contributed by atoms with Crippen LogP contribution in [0.25, 0.3) is 0 Å². The largest absolute Gasteiger partial charge is 0.370 e. The Morgan fingerprint density at radius 1 is 1.25 bits per heavy atom. The van der Waals surface area contributed by atoms with Crippen molar-refractivity contribution < 1.29 is 19.1 Å². The van der Waals surface area contributed by atoms with E-state index in [9.17, 15) is 14.4 Å². The minimum absolute atomic E-state index is 0.0154. The molecule has 2 heterocycles. The molecule has 3 amide bonds. The summed E-state index contributed by atoms with van der Waals surface area (Å²) in [6, 6.07) is 7.32. The number of halogens is 2. The summed E-state index contributed by atoms with van der Waals surface area (Å²) in [6.45, 7) is 2.44. The molecule has 10 heteroatoms. The van der Waals surface area contributed by atoms with Crippen molar-refractivity contribution in [3.05, 3.63) is 44.6 Å². The van der Waals surface area contributed by atoms with Crippen LogP contribution in [-0.4, -0.2) is 43.5 Å². The summed E-state index contributed by atoms with van der Waals surface area (Å²) in [5, 5.41) is 5.64. The van der Waals surface area contributed by atoms with Crippen LogP contribution in [-0.2, 0) is 14.3 Å². The number of thiophene rings is 1. The zero-order valence-electron chi connectivity index (χ0n) is 14.8. The van der Waals surface area contributed by atoms with Crippen LogP contribution in [0.3, 0.4) is 0 Å². The standard InChI is InChI=1S/C18H17Cl2N3O4S/c1-10(21-18(26)14-4-5-15(20)28-14)17(25)22-11-2-3-13(12(19)8-11)23-6-7-27-9-16(23)24/h2-5,8,10H,6-7,9H2,1H3,(H,21,26)(H,22,25). The number of anilines is 2. The third-order valence-electron chi connectivity index (χ3n) is 4.03. The van der Waals surface area contributed by atoms with Gasteiger partial charge in [0.1, 0.15) is 12.6 Å². The lowest BCUT2D eigenvalue weighted by molar-refractivity contribution is -0.125. The molecule has 0 saturated carbocycles. The Morgan fingerprint density at radius 3 is 2.68 bits per heavy atom. The van der Waals surface area contributed by atoms with Gasteiger partial charge in [-0.2, -0.15) is 0 Å². The van der Waals surface area contributed by atoms with E-state index >= 15 is 0 Å². The summed E-state index contributed by atoms with van der Waals surface area (Å²) < 4.78 is 5.60. The maximum atomic E-state index is 12.4. The monoisotopic (exact) mass is 441 g/mol. The Hall–Kier alpha value is -2.13. The Morgan fingerprint density at radius 2 is 2.04 bits per heavy atom. The third-order valence-corrected chi connectivity index (χ3v) is 5.56. The van der Waals surface area contributed by atoms with Gasteiger partial charge in [-0.15, -0.1) is 11.3 Å². The van der Waals surface area contributed by atoms with Crippen molar-refractivity contribution in [1.29, 1.82) is 0 Å². The highest BCUT2D eigenvalue weighted by molar-refractivity contribution is 7.18. The van der Waals surface area contributed by atoms with Gasteiger partial charge in [0.2, 0.25) is 5.91 Å². The molecule has 0 spiro atoms. The molecule has 0 radical (unpaired) electrons. The molecule has 28 heavy (non-hydrogen) atoms. The molecule has 1 saturated heterocycles. The maximum absolute atomic E-state index is 12.4. The molecule has 0 bridgehead atoms. The zero-order chi connectivity index (χ0) is 20.3. The molecule has 2 aromatic rings. The fraction of sp³-hybridized carbons (Fsp3) is 0.278. The third kappa shape index (κ3) is 4.82. The highest BCUT2D eigenvalue weighted by atomic mass is 35.5. The first kappa shape index (κ1) is 20.6. The normalized spacial score (nSPS) is 15.2. The number of nitrogens with one attached hydrogen (secondary N) is 2. The van der Waals surface area contributed by atoms with Crippen LogP contribution in [0.15, 0.2) is 30.3 Å². The predicted molar refractivity (Wildman–Crippen MR) is 110 cm³/mol. The molecule has 7 nitrogen and oxygen atoms in total. The van der Waals surface area contributed by atoms with Gasteiger partial charge >= 0.3 is 0 Å². The van der Waals surface area contributed by atoms with E-state index in [4.69, 9.17) is 27.9 Å². The lowest BCUT2D eigenvalue weighted by atomic mass is 10.2. The number of hydrogen-bond donors (Lipinski definition) is 2. The molecule has 1 atom stereocenters. The number of morpholine rings is 1. The van der Waals surface area contributed by atoms with Crippen LogP contribution >= 0.6 is 34.5 Å². The lowest BCUT2D eigenvalue weighted by Gasteiger charge is -2.27. The van der Waals surface area contributed by atoms with Crippen LogP contribution in [0.2, 0.25) is 9.36 Å². The van der Waals surface area contributed by atoms with Gasteiger partial charge in [0.15, 0.2) is 0 Å². The van der Waals surface area contributed by atoms with Crippen molar-refractivity contribution in [1.82, 2.24) is 5.32 Å². The second kappa shape index (κ2) is 8.91. The number of rotatable bonds is 5. The van der Waals surface area contributed by atoms with Crippen LogP contribution < -0.4 is 15.5 Å². The minimum atomic E-state index is -0.771. The van der Waals surface area contributed by atoms with E-state index in [1.165, 1.54) is 0 Å². The maximum Gasteiger partial charge on any atom is 0.262 e. The summed E-state index contributed by atoms with van der Waals surface area (Å²) in [5.74, 6) is -0.948. The second-order valence-corrected chi connectivity index (χ2v) is 8.17. The predicted octanol–water partition coefficient (Wildman–Crippen LogP) is 3.18. The van der Waals surface area contributed by atoms with Crippen molar-refractivity contribution in [2.75, 3.05) is 30.0 Å². The first-order valence-corrected chi connectivity index (χ1v) is 9.97. The zero-order valence-corrected chi connectivity index (χ0v) is 17.2. The Bertz CT molecular complexity index is 918. The van der Waals surface area contributed by atoms with Crippen molar-refractivity contribution >= 4 is 63.6 Å². The van der Waals surface area contributed by atoms with Gasteiger partial charge in [-0.05, 0) is 37.3 Å². The topological polar surface area (TPSA) is 87.7 Å². The summed E-state index contributed by atoms with van der Waals surface area (Å²) in [7, 11) is 0. The SMILES string of the molecule is CC(NC(=O)c1ccc(Cl)s1)C(=O)Nc1ccc(N2CCOCC2=O)c(Cl)c1. The van der Waals surface area contributed by atoms with Gasteiger partial charge in [0.25, 0.3) is 11.8 Å². The van der Waals surface area contributed by atoms with Crippen molar-refractivity contribution in [2.24, 2.45) is 0 Å². The van der Waals surface area contributed by atoms with Gasteiger partial charge in [-0.25, -0.2) is 0 Å². The smallest absolute Gasteiger partial charge is 0.262 e. The van der Waals surface area contributed by atoms with Gasteiger partial charge in [-0.1, -0.05) is 23.2 Å². The fourth-order valence-electron chi connectivity index (χ4n) is 2.60. The number of nitrogens with zero attached hydrogens (tertiary/aromatic N) is 1. The summed E-state index contributed by atoms with van der Waals surface area (Å²) >= 11 is 13.2. The molecule has 1 aromatic carbocycles. The van der Waals surface area contributed by atoms with Crippen molar-refractivity contribution in [3.8, 4) is 0 Å². The molecule has 0 aliphatic carbocycles. The van der Waals surface area contributed by atoms with Crippen LogP contribution in [0.5, 0.6) is 0 Å². The first-order chi connectivity index (χ1) is 13.3. The molecule has 148 valence electrons. The molecule has 1 aromatic heterocycles. The average Bonchev–Trinajstić information content (AvgIpc) is 3.09.